The van der Waals surface area contributed by atoms with Gasteiger partial charge in [-0.1, -0.05) is 146 Å². The molecule has 5 aromatic carbocycles. The predicted octanol–water partition coefficient (Wildman–Crippen LogP) is 16.9. The number of nitrogens with zero attached hydrogens (tertiary/aromatic N) is 5. The quantitative estimate of drug-likeness (QED) is 0.122. The molecular formula is C78H96N5+5. The predicted molar refractivity (Wildman–Crippen MR) is 350 cm³/mol. The average molecular weight is 1110 g/mol. The summed E-state index contributed by atoms with van der Waals surface area (Å²) in [6.45, 7) is 16.9. The van der Waals surface area contributed by atoms with Crippen molar-refractivity contribution >= 4 is 0 Å². The Morgan fingerprint density at radius 2 is 0.807 bits per heavy atom. The van der Waals surface area contributed by atoms with E-state index in [0.29, 0.717) is 22.6 Å². The lowest BCUT2D eigenvalue weighted by Crippen LogP contribution is -2.32. The second kappa shape index (κ2) is 30.8. The van der Waals surface area contributed by atoms with Gasteiger partial charge in [-0.25, -0.2) is 22.8 Å². The van der Waals surface area contributed by atoms with Crippen molar-refractivity contribution in [2.45, 2.75) is 120 Å². The van der Waals surface area contributed by atoms with E-state index >= 15 is 0 Å². The SMILES string of the molecule is CCc1cc[n+](C)c(-c2ccccc2C)c1.Cc1ccccc1-c1c(C(C)C)ccc[n+]1C.[2H]C([2H])(C)c1ccc(-c2ccccc2C)[n+](C)c1.[2H]C([2H])([2H])C([2H])(C)c1cc[n+](C)c(-c2ccccc2C)c1.[2H]C([2H])([2H])C([2H])(C)c1ccc(-c2ccccc2C)[n+](C)c1. The van der Waals surface area contributed by atoms with Crippen molar-refractivity contribution in [3.63, 3.8) is 0 Å². The maximum Gasteiger partial charge on any atom is 0.215 e. The average Bonchev–Trinajstić information content (AvgIpc) is 0.811. The first-order valence-corrected chi connectivity index (χ1v) is 28.8. The molecule has 0 saturated carbocycles. The number of benzene rings is 5. The molecule has 5 heteroatoms. The van der Waals surface area contributed by atoms with E-state index < -0.39 is 31.9 Å². The van der Waals surface area contributed by atoms with E-state index in [1.807, 2.05) is 146 Å². The maximum absolute atomic E-state index is 8.23. The van der Waals surface area contributed by atoms with E-state index in [0.717, 1.165) is 45.8 Å². The number of hydrogen-bond donors (Lipinski definition) is 0. The Hall–Kier alpha value is -8.15. The molecular weight excluding hydrogens is 1010 g/mol. The normalized spacial score (nSPS) is 14.4. The highest BCUT2D eigenvalue weighted by molar-refractivity contribution is 5.66. The van der Waals surface area contributed by atoms with Crippen LogP contribution in [0.5, 0.6) is 0 Å². The van der Waals surface area contributed by atoms with Crippen molar-refractivity contribution in [3.8, 4) is 56.3 Å². The molecule has 428 valence electrons. The monoisotopic (exact) mass is 1110 g/mol. The molecule has 0 saturated heterocycles. The fourth-order valence-corrected chi connectivity index (χ4v) is 10.0. The topological polar surface area (TPSA) is 19.4 Å². The lowest BCUT2D eigenvalue weighted by molar-refractivity contribution is -0.661. The summed E-state index contributed by atoms with van der Waals surface area (Å²) in [5, 5.41) is 0. The fourth-order valence-electron chi connectivity index (χ4n) is 10.0. The molecule has 10 aromatic rings. The van der Waals surface area contributed by atoms with Crippen LogP contribution in [0, 0.1) is 34.6 Å². The zero-order valence-corrected chi connectivity index (χ0v) is 52.2. The lowest BCUT2D eigenvalue weighted by Gasteiger charge is -2.11. The third-order valence-corrected chi connectivity index (χ3v) is 15.1. The van der Waals surface area contributed by atoms with Gasteiger partial charge in [0.15, 0.2) is 31.0 Å². The first-order chi connectivity index (χ1) is 43.5. The van der Waals surface area contributed by atoms with Gasteiger partial charge in [-0.2, -0.15) is 0 Å². The van der Waals surface area contributed by atoms with E-state index in [9.17, 15) is 0 Å². The smallest absolute Gasteiger partial charge is 0.201 e. The van der Waals surface area contributed by atoms with Gasteiger partial charge >= 0.3 is 0 Å². The first kappa shape index (κ1) is 50.6. The van der Waals surface area contributed by atoms with Gasteiger partial charge in [0.1, 0.15) is 35.2 Å². The van der Waals surface area contributed by atoms with Crippen molar-refractivity contribution in [2.24, 2.45) is 35.2 Å². The molecule has 0 aliphatic rings. The zero-order chi connectivity index (χ0) is 69.0. The second-order valence-electron chi connectivity index (χ2n) is 21.8. The number of pyridine rings is 5. The van der Waals surface area contributed by atoms with Crippen LogP contribution < -0.4 is 22.8 Å². The number of aromatic nitrogens is 5. The molecule has 5 heterocycles. The minimum atomic E-state index is -2.37. The molecule has 10 rings (SSSR count). The van der Waals surface area contributed by atoms with Crippen molar-refractivity contribution in [1.82, 2.24) is 0 Å². The van der Waals surface area contributed by atoms with Crippen molar-refractivity contribution in [3.05, 3.63) is 269 Å². The van der Waals surface area contributed by atoms with Gasteiger partial charge in [0.2, 0.25) is 28.5 Å². The van der Waals surface area contributed by atoms with Gasteiger partial charge in [0.05, 0.1) is 0 Å². The Kier molecular flexibility index (Phi) is 18.7. The molecule has 5 nitrogen and oxygen atoms in total. The molecule has 0 aliphatic heterocycles. The summed E-state index contributed by atoms with van der Waals surface area (Å²) in [5.41, 5.74) is 22.2. The maximum atomic E-state index is 8.23. The Labute approximate surface area is 515 Å². The standard InChI is InChI=1S/3C16H20N.2C15H18N/c1-12(2)14-10-7-11-17(4)16(14)15-9-6-5-8-13(15)3;1-12(2)14-9-10-17(4)16(11-14)15-8-6-5-7-13(15)3;1-12(2)14-9-10-16(17(4)11-14)15-8-6-5-7-13(15)3;1-4-13-9-10-16(3)15(11-13)14-8-6-5-7-12(14)2;1-4-13-9-10-15(16(3)11-13)14-8-6-5-7-12(14)2/h3*5-12H,1-4H3;2*5-11H,4H2,1-3H3/q5*+1/i;2*1D3,12D;;4D2. The zero-order valence-electron chi connectivity index (χ0n) is 62.2. The van der Waals surface area contributed by atoms with Crippen LogP contribution in [-0.2, 0) is 48.0 Å². The summed E-state index contributed by atoms with van der Waals surface area (Å²) in [4.78, 5) is 0. The molecule has 2 atom stereocenters. The first-order valence-electron chi connectivity index (χ1n) is 33.8. The Morgan fingerprint density at radius 3 is 1.24 bits per heavy atom. The summed E-state index contributed by atoms with van der Waals surface area (Å²) < 4.78 is 87.4. The van der Waals surface area contributed by atoms with E-state index in [-0.39, 0.29) is 0 Å². The Balaban J connectivity index is 0.000000185. The third kappa shape index (κ3) is 17.2. The van der Waals surface area contributed by atoms with E-state index in [4.69, 9.17) is 13.7 Å². The number of rotatable bonds is 10. The van der Waals surface area contributed by atoms with Crippen molar-refractivity contribution in [2.75, 3.05) is 0 Å². The van der Waals surface area contributed by atoms with Crippen LogP contribution in [-0.4, -0.2) is 0 Å². The van der Waals surface area contributed by atoms with E-state index in [2.05, 4.69) is 162 Å². The summed E-state index contributed by atoms with van der Waals surface area (Å²) in [5.74, 6) is -2.70. The second-order valence-corrected chi connectivity index (χ2v) is 21.8. The molecule has 0 amide bonds. The summed E-state index contributed by atoms with van der Waals surface area (Å²) in [7, 11) is 9.97. The van der Waals surface area contributed by atoms with Crippen LogP contribution in [0.4, 0.5) is 0 Å². The van der Waals surface area contributed by atoms with Gasteiger partial charge in [-0.15, -0.1) is 0 Å². The van der Waals surface area contributed by atoms with Gasteiger partial charge in [-0.3, -0.25) is 0 Å². The van der Waals surface area contributed by atoms with Gasteiger partial charge in [-0.05, 0) is 153 Å². The molecule has 0 fully saturated rings. The largest absolute Gasteiger partial charge is 0.215 e. The summed E-state index contributed by atoms with van der Waals surface area (Å²) in [6, 6.07) is 61.1. The van der Waals surface area contributed by atoms with E-state index in [1.165, 1.54) is 69.7 Å². The molecule has 0 bridgehead atoms. The molecule has 0 radical (unpaired) electrons. The van der Waals surface area contributed by atoms with Gasteiger partial charge in [0.25, 0.3) is 0 Å². The minimum absolute atomic E-state index is 0.488. The van der Waals surface area contributed by atoms with Crippen LogP contribution in [0.15, 0.2) is 213 Å². The van der Waals surface area contributed by atoms with Crippen LogP contribution in [0.25, 0.3) is 56.3 Å². The highest BCUT2D eigenvalue weighted by Gasteiger charge is 2.20. The highest BCUT2D eigenvalue weighted by Crippen LogP contribution is 2.29. The molecule has 5 aromatic heterocycles. The van der Waals surface area contributed by atoms with Crippen LogP contribution >= 0.6 is 0 Å². The Morgan fingerprint density at radius 1 is 0.386 bits per heavy atom. The van der Waals surface area contributed by atoms with Crippen LogP contribution in [0.3, 0.4) is 0 Å². The van der Waals surface area contributed by atoms with Crippen LogP contribution in [0.2, 0.25) is 0 Å². The molecule has 0 spiro atoms. The van der Waals surface area contributed by atoms with Crippen LogP contribution in [0.1, 0.15) is 142 Å². The van der Waals surface area contributed by atoms with Crippen molar-refractivity contribution in [1.29, 1.82) is 0 Å². The van der Waals surface area contributed by atoms with Crippen molar-refractivity contribution < 1.29 is 36.5 Å². The molecule has 0 aliphatic carbocycles. The summed E-state index contributed by atoms with van der Waals surface area (Å²) >= 11 is 0. The third-order valence-electron chi connectivity index (χ3n) is 15.1. The number of hydrogen-bond acceptors (Lipinski definition) is 0. The number of aryl methyl sites for hydroxylation is 12. The molecule has 2 unspecified atom stereocenters. The van der Waals surface area contributed by atoms with Gasteiger partial charge < -0.3 is 0 Å². The lowest BCUT2D eigenvalue weighted by atomic mass is 9.94. The molecule has 83 heavy (non-hydrogen) atoms. The highest BCUT2D eigenvalue weighted by atomic mass is 14.9. The fraction of sp³-hybridized carbons (Fsp3) is 0.295. The Bertz CT molecular complexity index is 4160. The minimum Gasteiger partial charge on any atom is -0.201 e. The molecule has 0 N–H and O–H groups in total. The van der Waals surface area contributed by atoms with Gasteiger partial charge in [0, 0.05) is 101 Å². The van der Waals surface area contributed by atoms with E-state index in [1.54, 1.807) is 25.3 Å². The summed E-state index contributed by atoms with van der Waals surface area (Å²) in [6.07, 6.45) is 9.45.